The average Bonchev–Trinajstić information content (AvgIpc) is 3.10. The maximum absolute atomic E-state index is 12.6. The molecule has 1 aliphatic heterocycles. The van der Waals surface area contributed by atoms with Gasteiger partial charge in [0, 0.05) is 32.2 Å². The predicted molar refractivity (Wildman–Crippen MR) is 76.9 cm³/mol. The van der Waals surface area contributed by atoms with Crippen molar-refractivity contribution in [1.29, 1.82) is 0 Å². The van der Waals surface area contributed by atoms with Gasteiger partial charge in [-0.25, -0.2) is 4.98 Å². The minimum Gasteiger partial charge on any atom is -0.352 e. The first-order valence-corrected chi connectivity index (χ1v) is 8.03. The summed E-state index contributed by atoms with van der Waals surface area (Å²) in [6.07, 6.45) is -1.33. The average molecular weight is 334 g/mol. The first-order valence-electron chi connectivity index (χ1n) is 7.21. The Bertz CT molecular complexity index is 536. The molecule has 1 aliphatic carbocycles. The Kier molecular flexibility index (Phi) is 4.26. The van der Waals surface area contributed by atoms with Gasteiger partial charge < -0.3 is 10.2 Å². The summed E-state index contributed by atoms with van der Waals surface area (Å²) in [6, 6.07) is 0.352. The third kappa shape index (κ3) is 3.89. The van der Waals surface area contributed by atoms with Gasteiger partial charge in [-0.05, 0) is 12.8 Å². The zero-order chi connectivity index (χ0) is 15.7. The lowest BCUT2D eigenvalue weighted by Gasteiger charge is -2.34. The van der Waals surface area contributed by atoms with Crippen LogP contribution in [-0.4, -0.2) is 54.6 Å². The Hall–Kier alpha value is -1.35. The van der Waals surface area contributed by atoms with Crippen LogP contribution in [0.3, 0.4) is 0 Å². The van der Waals surface area contributed by atoms with Crippen molar-refractivity contribution in [2.45, 2.75) is 25.1 Å². The summed E-state index contributed by atoms with van der Waals surface area (Å²) in [5, 5.41) is 3.33. The van der Waals surface area contributed by atoms with E-state index in [-0.39, 0.29) is 5.91 Å². The minimum atomic E-state index is -4.33. The van der Waals surface area contributed by atoms with Crippen molar-refractivity contribution in [2.24, 2.45) is 0 Å². The normalized spacial score (nSPS) is 20.2. The Labute approximate surface area is 130 Å². The largest absolute Gasteiger partial charge is 0.427 e. The maximum atomic E-state index is 12.6. The van der Waals surface area contributed by atoms with Crippen molar-refractivity contribution in [3.63, 3.8) is 0 Å². The van der Waals surface area contributed by atoms with Gasteiger partial charge in [0.2, 0.25) is 5.91 Å². The molecule has 0 bridgehead atoms. The first-order chi connectivity index (χ1) is 10.4. The third-order valence-corrected chi connectivity index (χ3v) is 4.83. The summed E-state index contributed by atoms with van der Waals surface area (Å²) in [5.41, 5.74) is 0. The van der Waals surface area contributed by atoms with E-state index in [2.05, 4.69) is 10.3 Å². The maximum Gasteiger partial charge on any atom is 0.427 e. The van der Waals surface area contributed by atoms with E-state index in [1.54, 1.807) is 0 Å². The van der Waals surface area contributed by atoms with E-state index in [1.165, 1.54) is 0 Å². The number of carbonyl (C=O) groups excluding carboxylic acids is 1. The van der Waals surface area contributed by atoms with Crippen LogP contribution in [0.15, 0.2) is 6.20 Å². The molecule has 0 aromatic carbocycles. The summed E-state index contributed by atoms with van der Waals surface area (Å²) < 4.78 is 37.7. The minimum absolute atomic E-state index is 0.0320. The van der Waals surface area contributed by atoms with Crippen molar-refractivity contribution in [3.05, 3.63) is 11.1 Å². The molecule has 1 aromatic rings. The zero-order valence-electron chi connectivity index (χ0n) is 11.9. The number of halogens is 3. The highest BCUT2D eigenvalue weighted by atomic mass is 32.1. The van der Waals surface area contributed by atoms with E-state index in [9.17, 15) is 18.0 Å². The fourth-order valence-corrected chi connectivity index (χ4v) is 3.18. The monoisotopic (exact) mass is 334 g/mol. The molecule has 0 unspecified atom stereocenters. The second-order valence-electron chi connectivity index (χ2n) is 5.61. The zero-order valence-corrected chi connectivity index (χ0v) is 12.7. The number of hydrogen-bond acceptors (Lipinski definition) is 5. The second-order valence-corrected chi connectivity index (χ2v) is 6.62. The Morgan fingerprint density at radius 2 is 2.00 bits per heavy atom. The molecule has 2 heterocycles. The molecule has 1 amide bonds. The molecule has 3 rings (SSSR count). The Balaban J connectivity index is 1.48. The molecule has 1 aromatic heterocycles. The lowest BCUT2D eigenvalue weighted by atomic mass is 10.3. The summed E-state index contributed by atoms with van der Waals surface area (Å²) in [4.78, 5) is 18.8. The second kappa shape index (κ2) is 6.04. The van der Waals surface area contributed by atoms with Gasteiger partial charge in [-0.1, -0.05) is 11.3 Å². The summed E-state index contributed by atoms with van der Waals surface area (Å²) >= 11 is 0.670. The molecule has 0 spiro atoms. The van der Waals surface area contributed by atoms with Crippen LogP contribution in [0.25, 0.3) is 0 Å². The van der Waals surface area contributed by atoms with Gasteiger partial charge in [-0.2, -0.15) is 13.2 Å². The van der Waals surface area contributed by atoms with Crippen molar-refractivity contribution in [1.82, 2.24) is 15.2 Å². The predicted octanol–water partition coefficient (Wildman–Crippen LogP) is 1.56. The highest BCUT2D eigenvalue weighted by Crippen LogP contribution is 2.36. The first kappa shape index (κ1) is 15.5. The summed E-state index contributed by atoms with van der Waals surface area (Å²) in [7, 11) is 0. The number of rotatable bonds is 4. The smallest absolute Gasteiger partial charge is 0.352 e. The molecule has 0 radical (unpaired) electrons. The van der Waals surface area contributed by atoms with E-state index in [0.29, 0.717) is 55.2 Å². The molecule has 5 nitrogen and oxygen atoms in total. The number of piperazine rings is 1. The Morgan fingerprint density at radius 1 is 1.32 bits per heavy atom. The highest BCUT2D eigenvalue weighted by Gasteiger charge is 2.34. The van der Waals surface area contributed by atoms with E-state index >= 15 is 0 Å². The van der Waals surface area contributed by atoms with Gasteiger partial charge >= 0.3 is 6.18 Å². The SMILES string of the molecule is O=C(CN1CCN(c2ncc(C(F)(F)F)s2)CC1)NC1CC1. The summed E-state index contributed by atoms with van der Waals surface area (Å²) in [6.45, 7) is 2.83. The van der Waals surface area contributed by atoms with Crippen molar-refractivity contribution in [2.75, 3.05) is 37.6 Å². The van der Waals surface area contributed by atoms with Crippen LogP contribution in [0.1, 0.15) is 17.7 Å². The van der Waals surface area contributed by atoms with E-state index < -0.39 is 11.1 Å². The molecule has 0 atom stereocenters. The number of aromatic nitrogens is 1. The van der Waals surface area contributed by atoms with Crippen molar-refractivity contribution in [3.8, 4) is 0 Å². The number of anilines is 1. The van der Waals surface area contributed by atoms with E-state index in [4.69, 9.17) is 0 Å². The quantitative estimate of drug-likeness (QED) is 0.908. The van der Waals surface area contributed by atoms with Gasteiger partial charge in [0.1, 0.15) is 4.88 Å². The van der Waals surface area contributed by atoms with E-state index in [1.807, 2.05) is 9.80 Å². The van der Waals surface area contributed by atoms with Crippen LogP contribution in [0.4, 0.5) is 18.3 Å². The van der Waals surface area contributed by atoms with Gasteiger partial charge in [0.15, 0.2) is 5.13 Å². The number of alkyl halides is 3. The van der Waals surface area contributed by atoms with Crippen LogP contribution in [0.2, 0.25) is 0 Å². The molecule has 1 saturated heterocycles. The topological polar surface area (TPSA) is 48.5 Å². The number of hydrogen-bond donors (Lipinski definition) is 1. The van der Waals surface area contributed by atoms with Gasteiger partial charge in [-0.3, -0.25) is 9.69 Å². The van der Waals surface area contributed by atoms with Crippen LogP contribution in [-0.2, 0) is 11.0 Å². The lowest BCUT2D eigenvalue weighted by Crippen LogP contribution is -2.49. The fraction of sp³-hybridized carbons (Fsp3) is 0.692. The fourth-order valence-electron chi connectivity index (χ4n) is 2.34. The molecule has 9 heteroatoms. The number of nitrogens with one attached hydrogen (secondary N) is 1. The summed E-state index contributed by atoms with van der Waals surface area (Å²) in [5.74, 6) is 0.0320. The van der Waals surface area contributed by atoms with Crippen molar-refractivity contribution < 1.29 is 18.0 Å². The standard InChI is InChI=1S/C13H17F3N4OS/c14-13(15,16)10-7-17-12(22-10)20-5-3-19(4-6-20)8-11(21)18-9-1-2-9/h7,9H,1-6,8H2,(H,18,21). The van der Waals surface area contributed by atoms with E-state index in [0.717, 1.165) is 19.0 Å². The molecular formula is C13H17F3N4OS. The number of carbonyl (C=O) groups is 1. The number of thiazole rings is 1. The van der Waals surface area contributed by atoms with Crippen LogP contribution in [0.5, 0.6) is 0 Å². The third-order valence-electron chi connectivity index (χ3n) is 3.73. The van der Waals surface area contributed by atoms with Crippen LogP contribution < -0.4 is 10.2 Å². The van der Waals surface area contributed by atoms with Crippen LogP contribution in [0, 0.1) is 0 Å². The number of nitrogens with zero attached hydrogens (tertiary/aromatic N) is 3. The molecule has 2 fully saturated rings. The molecule has 2 aliphatic rings. The van der Waals surface area contributed by atoms with Gasteiger partial charge in [-0.15, -0.1) is 0 Å². The molecular weight excluding hydrogens is 317 g/mol. The molecule has 1 saturated carbocycles. The highest BCUT2D eigenvalue weighted by molar-refractivity contribution is 7.15. The van der Waals surface area contributed by atoms with Crippen LogP contribution >= 0.6 is 11.3 Å². The lowest BCUT2D eigenvalue weighted by molar-refractivity contribution is -0.134. The molecule has 1 N–H and O–H groups in total. The molecule has 22 heavy (non-hydrogen) atoms. The number of amides is 1. The van der Waals surface area contributed by atoms with Gasteiger partial charge in [0.05, 0.1) is 12.7 Å². The Morgan fingerprint density at radius 3 is 2.55 bits per heavy atom. The molecule has 122 valence electrons. The van der Waals surface area contributed by atoms with Gasteiger partial charge in [0.25, 0.3) is 0 Å². The van der Waals surface area contributed by atoms with Crippen molar-refractivity contribution >= 4 is 22.4 Å².